The van der Waals surface area contributed by atoms with Gasteiger partial charge in [0, 0.05) is 6.20 Å². The van der Waals surface area contributed by atoms with Gasteiger partial charge in [0.2, 0.25) is 0 Å². The predicted octanol–water partition coefficient (Wildman–Crippen LogP) is 1.69. The maximum Gasteiger partial charge on any atom is 0.272 e. The standard InChI is InChI=1S/C11H6N4O2S2/c12-5-8-1-3-10(14-7-8)15-19(16,17)11-4-2-9(6-13)18-11/h1-4,7H,(H,14,15). The average molecular weight is 290 g/mol. The first-order chi connectivity index (χ1) is 9.05. The van der Waals surface area contributed by atoms with Gasteiger partial charge in [0.05, 0.1) is 5.56 Å². The molecule has 0 unspecified atom stereocenters. The first-order valence-corrected chi connectivity index (χ1v) is 7.24. The van der Waals surface area contributed by atoms with Crippen molar-refractivity contribution in [3.8, 4) is 12.1 Å². The average Bonchev–Trinajstić information content (AvgIpc) is 2.89. The molecule has 0 amide bonds. The lowest BCUT2D eigenvalue weighted by Gasteiger charge is -2.04. The van der Waals surface area contributed by atoms with Crippen LogP contribution in [0.1, 0.15) is 10.4 Å². The van der Waals surface area contributed by atoms with E-state index >= 15 is 0 Å². The fourth-order valence-electron chi connectivity index (χ4n) is 1.23. The van der Waals surface area contributed by atoms with Gasteiger partial charge in [-0.05, 0) is 24.3 Å². The van der Waals surface area contributed by atoms with E-state index in [0.717, 1.165) is 11.3 Å². The van der Waals surface area contributed by atoms with Gasteiger partial charge in [-0.25, -0.2) is 13.4 Å². The van der Waals surface area contributed by atoms with Gasteiger partial charge < -0.3 is 0 Å². The number of anilines is 1. The van der Waals surface area contributed by atoms with Crippen LogP contribution in [0.5, 0.6) is 0 Å². The molecule has 0 bridgehead atoms. The second kappa shape index (κ2) is 5.06. The molecule has 19 heavy (non-hydrogen) atoms. The Morgan fingerprint density at radius 3 is 2.47 bits per heavy atom. The fourth-order valence-corrected chi connectivity index (χ4v) is 3.34. The monoisotopic (exact) mass is 290 g/mol. The van der Waals surface area contributed by atoms with Crippen LogP contribution in [-0.4, -0.2) is 13.4 Å². The predicted molar refractivity (Wildman–Crippen MR) is 68.8 cm³/mol. The number of sulfonamides is 1. The minimum atomic E-state index is -3.75. The Balaban J connectivity index is 2.26. The van der Waals surface area contributed by atoms with Gasteiger partial charge in [-0.2, -0.15) is 10.5 Å². The van der Waals surface area contributed by atoms with Gasteiger partial charge in [0.1, 0.15) is 27.0 Å². The van der Waals surface area contributed by atoms with E-state index in [1.54, 1.807) is 0 Å². The molecule has 2 aromatic rings. The summed E-state index contributed by atoms with van der Waals surface area (Å²) < 4.78 is 26.3. The van der Waals surface area contributed by atoms with Crippen molar-refractivity contribution in [2.45, 2.75) is 4.21 Å². The lowest BCUT2D eigenvalue weighted by atomic mass is 10.3. The molecular formula is C11H6N4O2S2. The maximum atomic E-state index is 12.0. The van der Waals surface area contributed by atoms with Crippen LogP contribution in [0.4, 0.5) is 5.82 Å². The number of thiophene rings is 1. The van der Waals surface area contributed by atoms with E-state index in [0.29, 0.717) is 10.4 Å². The van der Waals surface area contributed by atoms with Gasteiger partial charge in [-0.1, -0.05) is 0 Å². The van der Waals surface area contributed by atoms with E-state index in [1.807, 2.05) is 12.1 Å². The Hall–Kier alpha value is -2.42. The molecule has 0 radical (unpaired) electrons. The largest absolute Gasteiger partial charge is 0.272 e. The number of nitrogens with zero attached hydrogens (tertiary/aromatic N) is 3. The van der Waals surface area contributed by atoms with Crippen LogP contribution in [0, 0.1) is 22.7 Å². The summed E-state index contributed by atoms with van der Waals surface area (Å²) in [7, 11) is -3.75. The quantitative estimate of drug-likeness (QED) is 0.925. The van der Waals surface area contributed by atoms with E-state index in [2.05, 4.69) is 9.71 Å². The molecule has 1 N–H and O–H groups in total. The van der Waals surface area contributed by atoms with Crippen molar-refractivity contribution in [3.05, 3.63) is 40.9 Å². The summed E-state index contributed by atoms with van der Waals surface area (Å²) in [6, 6.07) is 9.41. The minimum absolute atomic E-state index is 0.0372. The highest BCUT2D eigenvalue weighted by Gasteiger charge is 2.17. The number of hydrogen-bond donors (Lipinski definition) is 1. The Kier molecular flexibility index (Phi) is 3.47. The summed E-state index contributed by atoms with van der Waals surface area (Å²) >= 11 is 0.875. The second-order valence-corrected chi connectivity index (χ2v) is 6.37. The Bertz CT molecular complexity index is 779. The number of nitriles is 2. The lowest BCUT2D eigenvalue weighted by Crippen LogP contribution is -2.12. The first kappa shape index (κ1) is 13.0. The Morgan fingerprint density at radius 2 is 1.95 bits per heavy atom. The van der Waals surface area contributed by atoms with E-state index in [4.69, 9.17) is 10.5 Å². The van der Waals surface area contributed by atoms with Crippen molar-refractivity contribution in [1.29, 1.82) is 10.5 Å². The second-order valence-electron chi connectivity index (χ2n) is 3.38. The van der Waals surface area contributed by atoms with Gasteiger partial charge >= 0.3 is 0 Å². The molecule has 0 aromatic carbocycles. The zero-order valence-corrected chi connectivity index (χ0v) is 11.0. The molecule has 2 rings (SSSR count). The van der Waals surface area contributed by atoms with Crippen molar-refractivity contribution < 1.29 is 8.42 Å². The molecule has 2 heterocycles. The van der Waals surface area contributed by atoms with E-state index < -0.39 is 10.0 Å². The highest BCUT2D eigenvalue weighted by molar-refractivity contribution is 7.94. The van der Waals surface area contributed by atoms with Gasteiger partial charge in [0.25, 0.3) is 10.0 Å². The van der Waals surface area contributed by atoms with Crippen molar-refractivity contribution in [2.24, 2.45) is 0 Å². The number of hydrogen-bond acceptors (Lipinski definition) is 6. The van der Waals surface area contributed by atoms with Crippen LogP contribution in [0.2, 0.25) is 0 Å². The number of pyridine rings is 1. The molecule has 0 saturated heterocycles. The van der Waals surface area contributed by atoms with Gasteiger partial charge in [0.15, 0.2) is 0 Å². The highest BCUT2D eigenvalue weighted by Crippen LogP contribution is 2.22. The zero-order valence-electron chi connectivity index (χ0n) is 9.36. The highest BCUT2D eigenvalue weighted by atomic mass is 32.2. The van der Waals surface area contributed by atoms with Crippen LogP contribution in [-0.2, 0) is 10.0 Å². The molecular weight excluding hydrogens is 284 g/mol. The normalized spacial score (nSPS) is 10.4. The van der Waals surface area contributed by atoms with Gasteiger partial charge in [-0.3, -0.25) is 4.72 Å². The van der Waals surface area contributed by atoms with Crippen LogP contribution >= 0.6 is 11.3 Å². The summed E-state index contributed by atoms with van der Waals surface area (Å²) in [6.45, 7) is 0. The fraction of sp³-hybridized carbons (Fsp3) is 0. The summed E-state index contributed by atoms with van der Waals surface area (Å²) in [6.07, 6.45) is 1.27. The number of nitrogens with one attached hydrogen (secondary N) is 1. The van der Waals surface area contributed by atoms with Gasteiger partial charge in [-0.15, -0.1) is 11.3 Å². The maximum absolute atomic E-state index is 12.0. The first-order valence-electron chi connectivity index (χ1n) is 4.94. The number of rotatable bonds is 3. The molecule has 6 nitrogen and oxygen atoms in total. The molecule has 0 aliphatic heterocycles. The molecule has 2 aromatic heterocycles. The summed E-state index contributed by atoms with van der Waals surface area (Å²) in [5, 5.41) is 17.3. The van der Waals surface area contributed by atoms with Crippen LogP contribution in [0.25, 0.3) is 0 Å². The topological polar surface area (TPSA) is 107 Å². The van der Waals surface area contributed by atoms with Crippen LogP contribution in [0.15, 0.2) is 34.7 Å². The third-order valence-electron chi connectivity index (χ3n) is 2.09. The molecule has 0 atom stereocenters. The number of aromatic nitrogens is 1. The summed E-state index contributed by atoms with van der Waals surface area (Å²) in [4.78, 5) is 4.13. The molecule has 0 aliphatic carbocycles. The molecule has 0 aliphatic rings. The minimum Gasteiger partial charge on any atom is -0.263 e. The summed E-state index contributed by atoms with van der Waals surface area (Å²) in [5.74, 6) is 0.117. The SMILES string of the molecule is N#Cc1ccc(NS(=O)(=O)c2ccc(C#N)s2)nc1. The molecule has 94 valence electrons. The van der Waals surface area contributed by atoms with Crippen molar-refractivity contribution >= 4 is 27.2 Å². The third kappa shape index (κ3) is 2.88. The van der Waals surface area contributed by atoms with Crippen LogP contribution < -0.4 is 4.72 Å². The Labute approximate surface area is 113 Å². The van der Waals surface area contributed by atoms with Crippen molar-refractivity contribution in [3.63, 3.8) is 0 Å². The van der Waals surface area contributed by atoms with Crippen molar-refractivity contribution in [1.82, 2.24) is 4.98 Å². The Morgan fingerprint density at radius 1 is 1.16 bits per heavy atom. The lowest BCUT2D eigenvalue weighted by molar-refractivity contribution is 0.603. The van der Waals surface area contributed by atoms with E-state index in [-0.39, 0.29) is 10.0 Å². The molecule has 8 heteroatoms. The summed E-state index contributed by atoms with van der Waals surface area (Å²) in [5.41, 5.74) is 0.339. The smallest absolute Gasteiger partial charge is 0.263 e. The third-order valence-corrected chi connectivity index (χ3v) is 4.92. The van der Waals surface area contributed by atoms with Crippen LogP contribution in [0.3, 0.4) is 0 Å². The molecule has 0 spiro atoms. The van der Waals surface area contributed by atoms with E-state index in [1.165, 1.54) is 30.5 Å². The zero-order chi connectivity index (χ0) is 13.9. The van der Waals surface area contributed by atoms with Crippen molar-refractivity contribution in [2.75, 3.05) is 4.72 Å². The molecule has 0 fully saturated rings. The van der Waals surface area contributed by atoms with E-state index in [9.17, 15) is 8.42 Å². The molecule has 0 saturated carbocycles.